The predicted octanol–water partition coefficient (Wildman–Crippen LogP) is 1.85. The average Bonchev–Trinajstić information content (AvgIpc) is 3.14. The molecule has 2 heterocycles. The van der Waals surface area contributed by atoms with Crippen molar-refractivity contribution in [2.45, 2.75) is 18.9 Å². The molecule has 0 unspecified atom stereocenters. The Morgan fingerprint density at radius 1 is 1.38 bits per heavy atom. The summed E-state index contributed by atoms with van der Waals surface area (Å²) in [4.78, 5) is 19.6. The predicted molar refractivity (Wildman–Crippen MR) is 91.4 cm³/mol. The van der Waals surface area contributed by atoms with Crippen molar-refractivity contribution in [2.24, 2.45) is 16.3 Å². The molecule has 1 amide bonds. The highest BCUT2D eigenvalue weighted by Crippen LogP contribution is 2.52. The molecule has 140 valence electrons. The normalized spacial score (nSPS) is 25.3. The maximum Gasteiger partial charge on any atom is 0.414 e. The molecule has 3 fully saturated rings. The zero-order chi connectivity index (χ0) is 18.5. The molecule has 1 saturated carbocycles. The van der Waals surface area contributed by atoms with Crippen molar-refractivity contribution in [3.63, 3.8) is 0 Å². The summed E-state index contributed by atoms with van der Waals surface area (Å²) in [5.74, 6) is -1.45. The van der Waals surface area contributed by atoms with Crippen LogP contribution in [0.4, 0.5) is 25.0 Å². The topological polar surface area (TPSA) is 80.4 Å². The summed E-state index contributed by atoms with van der Waals surface area (Å²) in [6, 6.07) is 2.31. The number of hydrogen-bond acceptors (Lipinski definition) is 6. The summed E-state index contributed by atoms with van der Waals surface area (Å²) >= 11 is 0. The highest BCUT2D eigenvalue weighted by Gasteiger charge is 2.54. The van der Waals surface area contributed by atoms with Crippen LogP contribution in [-0.2, 0) is 9.57 Å². The van der Waals surface area contributed by atoms with Gasteiger partial charge < -0.3 is 20.2 Å². The highest BCUT2D eigenvalue weighted by molar-refractivity contribution is 5.99. The van der Waals surface area contributed by atoms with Crippen LogP contribution in [-0.4, -0.2) is 51.2 Å². The van der Waals surface area contributed by atoms with Gasteiger partial charge in [-0.15, -0.1) is 0 Å². The Bertz CT molecular complexity index is 758. The molecule has 1 aliphatic carbocycles. The number of rotatable bonds is 4. The van der Waals surface area contributed by atoms with Crippen LogP contribution in [0.15, 0.2) is 17.3 Å². The lowest BCUT2D eigenvalue weighted by molar-refractivity contribution is 0.145. The Hall–Kier alpha value is -2.42. The molecule has 9 heteroatoms. The van der Waals surface area contributed by atoms with Gasteiger partial charge in [-0.25, -0.2) is 13.6 Å². The lowest BCUT2D eigenvalue weighted by atomic mass is 10.1. The number of amides is 1. The minimum Gasteiger partial charge on any atom is -0.443 e. The van der Waals surface area contributed by atoms with Crippen molar-refractivity contribution in [1.29, 1.82) is 0 Å². The molecule has 4 rings (SSSR count). The number of anilines is 2. The standard InChI is InChI=1S/C17H20F2N4O3/c1-25-21-14-8-22(9-17(14)2-3-17)15-12(18)4-10(5-13(15)19)23-7-11(6-20)26-16(23)24/h4-5,11H,2-3,6-9,20H2,1H3/b21-14+/t11-/m0/s1. The minimum absolute atomic E-state index is 0.107. The quantitative estimate of drug-likeness (QED) is 0.823. The lowest BCUT2D eigenvalue weighted by Crippen LogP contribution is -2.28. The zero-order valence-electron chi connectivity index (χ0n) is 14.4. The third-order valence-electron chi connectivity index (χ3n) is 5.27. The molecule has 0 radical (unpaired) electrons. The first kappa shape index (κ1) is 17.0. The van der Waals surface area contributed by atoms with E-state index in [1.165, 1.54) is 12.0 Å². The second-order valence-electron chi connectivity index (χ2n) is 6.97. The molecule has 1 aromatic rings. The molecule has 2 aliphatic heterocycles. The molecule has 0 bridgehead atoms. The number of carbonyl (C=O) groups is 1. The first-order valence-corrected chi connectivity index (χ1v) is 8.50. The molecule has 2 N–H and O–H groups in total. The summed E-state index contributed by atoms with van der Waals surface area (Å²) < 4.78 is 34.5. The molecule has 1 aromatic carbocycles. The summed E-state index contributed by atoms with van der Waals surface area (Å²) in [5, 5.41) is 4.03. The Morgan fingerprint density at radius 2 is 2.08 bits per heavy atom. The first-order chi connectivity index (χ1) is 12.5. The van der Waals surface area contributed by atoms with Crippen LogP contribution < -0.4 is 15.5 Å². The van der Waals surface area contributed by atoms with E-state index in [1.807, 2.05) is 0 Å². The summed E-state index contributed by atoms with van der Waals surface area (Å²) in [6.07, 6.45) is 0.745. The number of carbonyl (C=O) groups excluding carboxylic acids is 1. The largest absolute Gasteiger partial charge is 0.443 e. The maximum atomic E-state index is 14.8. The van der Waals surface area contributed by atoms with Crippen LogP contribution in [0, 0.1) is 17.0 Å². The Kier molecular flexibility index (Phi) is 3.98. The van der Waals surface area contributed by atoms with E-state index >= 15 is 0 Å². The van der Waals surface area contributed by atoms with Crippen molar-refractivity contribution in [1.82, 2.24) is 0 Å². The van der Waals surface area contributed by atoms with Crippen molar-refractivity contribution in [2.75, 3.05) is 43.1 Å². The van der Waals surface area contributed by atoms with Crippen molar-refractivity contribution >= 4 is 23.2 Å². The van der Waals surface area contributed by atoms with Crippen LogP contribution >= 0.6 is 0 Å². The summed E-state index contributed by atoms with van der Waals surface area (Å²) in [7, 11) is 1.46. The third kappa shape index (κ3) is 2.66. The number of hydrogen-bond donors (Lipinski definition) is 1. The van der Waals surface area contributed by atoms with Gasteiger partial charge in [0.15, 0.2) is 11.6 Å². The fraction of sp³-hybridized carbons (Fsp3) is 0.529. The van der Waals surface area contributed by atoms with E-state index in [9.17, 15) is 13.6 Å². The molecule has 7 nitrogen and oxygen atoms in total. The SMILES string of the molecule is CO/N=C1\CN(c2c(F)cc(N3C[C@H](CN)OC3=O)cc2F)CC12CC2. The van der Waals surface area contributed by atoms with E-state index in [0.717, 1.165) is 30.7 Å². The second kappa shape index (κ2) is 6.08. The van der Waals surface area contributed by atoms with Gasteiger partial charge in [0.1, 0.15) is 18.9 Å². The molecule has 2 saturated heterocycles. The first-order valence-electron chi connectivity index (χ1n) is 8.50. The van der Waals surface area contributed by atoms with E-state index in [2.05, 4.69) is 5.16 Å². The number of halogens is 2. The Balaban J connectivity index is 1.62. The number of oxime groups is 1. The van der Waals surface area contributed by atoms with Gasteiger partial charge in [-0.1, -0.05) is 5.16 Å². The van der Waals surface area contributed by atoms with Gasteiger partial charge in [0, 0.05) is 30.6 Å². The van der Waals surface area contributed by atoms with E-state index in [1.54, 1.807) is 4.90 Å². The van der Waals surface area contributed by atoms with Gasteiger partial charge in [0.05, 0.1) is 24.5 Å². The third-order valence-corrected chi connectivity index (χ3v) is 5.27. The smallest absolute Gasteiger partial charge is 0.414 e. The monoisotopic (exact) mass is 366 g/mol. The van der Waals surface area contributed by atoms with Gasteiger partial charge in [-0.3, -0.25) is 4.90 Å². The van der Waals surface area contributed by atoms with E-state index in [4.69, 9.17) is 15.3 Å². The number of nitrogens with two attached hydrogens (primary N) is 1. The summed E-state index contributed by atoms with van der Waals surface area (Å²) in [5.41, 5.74) is 6.20. The number of nitrogens with zero attached hydrogens (tertiary/aromatic N) is 3. The molecule has 26 heavy (non-hydrogen) atoms. The zero-order valence-corrected chi connectivity index (χ0v) is 14.4. The summed E-state index contributed by atoms with van der Waals surface area (Å²) in [6.45, 7) is 1.15. The molecule has 1 spiro atoms. The van der Waals surface area contributed by atoms with Crippen molar-refractivity contribution in [3.05, 3.63) is 23.8 Å². The molecule has 0 aromatic heterocycles. The van der Waals surface area contributed by atoms with Gasteiger partial charge in [0.25, 0.3) is 0 Å². The average molecular weight is 366 g/mol. The highest BCUT2D eigenvalue weighted by atomic mass is 19.1. The fourth-order valence-electron chi connectivity index (χ4n) is 3.72. The molecule has 1 atom stereocenters. The Labute approximate surface area is 149 Å². The van der Waals surface area contributed by atoms with E-state index < -0.39 is 23.8 Å². The number of ether oxygens (including phenoxy) is 1. The molecular weight excluding hydrogens is 346 g/mol. The van der Waals surface area contributed by atoms with Crippen LogP contribution in [0.5, 0.6) is 0 Å². The van der Waals surface area contributed by atoms with E-state index in [-0.39, 0.29) is 29.9 Å². The van der Waals surface area contributed by atoms with Crippen molar-refractivity contribution < 1.29 is 23.1 Å². The lowest BCUT2D eigenvalue weighted by Gasteiger charge is -2.21. The maximum absolute atomic E-state index is 14.8. The van der Waals surface area contributed by atoms with Crippen LogP contribution in [0.3, 0.4) is 0 Å². The number of cyclic esters (lactones) is 1. The minimum atomic E-state index is -0.724. The number of benzene rings is 1. The van der Waals surface area contributed by atoms with Crippen LogP contribution in [0.2, 0.25) is 0 Å². The second-order valence-corrected chi connectivity index (χ2v) is 6.97. The van der Waals surface area contributed by atoms with Crippen LogP contribution in [0.1, 0.15) is 12.8 Å². The van der Waals surface area contributed by atoms with E-state index in [0.29, 0.717) is 13.1 Å². The van der Waals surface area contributed by atoms with Gasteiger partial charge in [-0.2, -0.15) is 0 Å². The van der Waals surface area contributed by atoms with Gasteiger partial charge in [-0.05, 0) is 12.8 Å². The van der Waals surface area contributed by atoms with Crippen LogP contribution in [0.25, 0.3) is 0 Å². The molecular formula is C17H20F2N4O3. The molecule has 3 aliphatic rings. The fourth-order valence-corrected chi connectivity index (χ4v) is 3.72. The van der Waals surface area contributed by atoms with Gasteiger partial charge in [0.2, 0.25) is 0 Å². The Morgan fingerprint density at radius 3 is 2.62 bits per heavy atom. The van der Waals surface area contributed by atoms with Crippen molar-refractivity contribution in [3.8, 4) is 0 Å². The van der Waals surface area contributed by atoms with Gasteiger partial charge >= 0.3 is 6.09 Å².